The van der Waals surface area contributed by atoms with Gasteiger partial charge in [-0.15, -0.1) is 0 Å². The molecule has 88 valence electrons. The Morgan fingerprint density at radius 3 is 2.06 bits per heavy atom. The molecule has 0 bridgehead atoms. The number of hydrogen-bond donors (Lipinski definition) is 0. The van der Waals surface area contributed by atoms with Crippen LogP contribution in [0.5, 0.6) is 0 Å². The monoisotopic (exact) mass is 225 g/mol. The predicted octanol–water partition coefficient (Wildman–Crippen LogP) is 1.36. The molecule has 0 aliphatic carbocycles. The summed E-state index contributed by atoms with van der Waals surface area (Å²) in [6, 6.07) is 1.83. The number of nitriles is 1. The maximum absolute atomic E-state index is 10.4. The van der Waals surface area contributed by atoms with E-state index in [4.69, 9.17) is 5.26 Å². The van der Waals surface area contributed by atoms with Gasteiger partial charge in [-0.2, -0.15) is 5.26 Å². The lowest BCUT2D eigenvalue weighted by atomic mass is 10.3. The topological polar surface area (TPSA) is 76.4 Å². The Morgan fingerprint density at radius 2 is 1.88 bits per heavy atom. The molecular formula is C11H15NO4. The standard InChI is InChI=1S/C7H9NO2.C4H6O2/c1-3-6(5-8)10-7(9)4-2;1-3-4(5)6-2/h4,6H,2-3H2,1H3;3H,1H2,2H3. The van der Waals surface area contributed by atoms with E-state index in [9.17, 15) is 9.59 Å². The van der Waals surface area contributed by atoms with Crippen molar-refractivity contribution in [2.75, 3.05) is 7.11 Å². The maximum atomic E-state index is 10.4. The highest BCUT2D eigenvalue weighted by atomic mass is 16.5. The van der Waals surface area contributed by atoms with Crippen LogP contribution >= 0.6 is 0 Å². The molecular weight excluding hydrogens is 210 g/mol. The third-order valence-electron chi connectivity index (χ3n) is 1.31. The van der Waals surface area contributed by atoms with E-state index in [2.05, 4.69) is 22.6 Å². The van der Waals surface area contributed by atoms with Crippen molar-refractivity contribution in [1.82, 2.24) is 0 Å². The number of ether oxygens (including phenoxy) is 2. The first-order valence-corrected chi connectivity index (χ1v) is 4.48. The van der Waals surface area contributed by atoms with E-state index in [1.165, 1.54) is 7.11 Å². The van der Waals surface area contributed by atoms with Crippen LogP contribution in [-0.4, -0.2) is 25.2 Å². The lowest BCUT2D eigenvalue weighted by Crippen LogP contribution is -2.12. The summed E-state index contributed by atoms with van der Waals surface area (Å²) in [4.78, 5) is 20.3. The fourth-order valence-corrected chi connectivity index (χ4v) is 0.473. The zero-order valence-corrected chi connectivity index (χ0v) is 9.43. The number of carbonyl (C=O) groups excluding carboxylic acids is 2. The summed E-state index contributed by atoms with van der Waals surface area (Å²) in [5.74, 6) is -0.941. The number of esters is 2. The Balaban J connectivity index is 0. The summed E-state index contributed by atoms with van der Waals surface area (Å²) in [5, 5.41) is 8.31. The van der Waals surface area contributed by atoms with Crippen LogP contribution in [0.15, 0.2) is 25.3 Å². The molecule has 0 heterocycles. The lowest BCUT2D eigenvalue weighted by molar-refractivity contribution is -0.140. The van der Waals surface area contributed by atoms with Crippen molar-refractivity contribution < 1.29 is 19.1 Å². The van der Waals surface area contributed by atoms with E-state index in [-0.39, 0.29) is 0 Å². The van der Waals surface area contributed by atoms with Gasteiger partial charge < -0.3 is 9.47 Å². The van der Waals surface area contributed by atoms with E-state index in [0.717, 1.165) is 12.2 Å². The van der Waals surface area contributed by atoms with Crippen LogP contribution in [-0.2, 0) is 19.1 Å². The highest BCUT2D eigenvalue weighted by Crippen LogP contribution is 1.95. The highest BCUT2D eigenvalue weighted by Gasteiger charge is 2.06. The third-order valence-corrected chi connectivity index (χ3v) is 1.31. The van der Waals surface area contributed by atoms with E-state index in [1.54, 1.807) is 6.92 Å². The summed E-state index contributed by atoms with van der Waals surface area (Å²) in [6.45, 7) is 8.12. The molecule has 0 amide bonds. The Hall–Kier alpha value is -2.09. The zero-order chi connectivity index (χ0) is 13.0. The smallest absolute Gasteiger partial charge is 0.331 e. The quantitative estimate of drug-likeness (QED) is 0.533. The number of rotatable bonds is 4. The van der Waals surface area contributed by atoms with Gasteiger partial charge in [-0.1, -0.05) is 20.1 Å². The second-order valence-corrected chi connectivity index (χ2v) is 2.39. The Morgan fingerprint density at radius 1 is 1.38 bits per heavy atom. The number of carbonyl (C=O) groups is 2. The van der Waals surface area contributed by atoms with Crippen molar-refractivity contribution in [3.05, 3.63) is 25.3 Å². The molecule has 5 nitrogen and oxygen atoms in total. The molecule has 0 spiro atoms. The number of hydrogen-bond acceptors (Lipinski definition) is 5. The molecule has 0 aromatic rings. The lowest BCUT2D eigenvalue weighted by Gasteiger charge is -2.04. The minimum absolute atomic E-state index is 0.394. The summed E-state index contributed by atoms with van der Waals surface area (Å²) < 4.78 is 8.72. The zero-order valence-electron chi connectivity index (χ0n) is 9.43. The van der Waals surface area contributed by atoms with Gasteiger partial charge in [0.25, 0.3) is 0 Å². The van der Waals surface area contributed by atoms with Gasteiger partial charge in [0.15, 0.2) is 6.10 Å². The van der Waals surface area contributed by atoms with Gasteiger partial charge >= 0.3 is 11.9 Å². The van der Waals surface area contributed by atoms with Crippen LogP contribution in [0, 0.1) is 11.3 Å². The van der Waals surface area contributed by atoms with E-state index in [1.807, 2.05) is 6.07 Å². The van der Waals surface area contributed by atoms with E-state index in [0.29, 0.717) is 6.42 Å². The van der Waals surface area contributed by atoms with Gasteiger partial charge in [0.1, 0.15) is 6.07 Å². The second-order valence-electron chi connectivity index (χ2n) is 2.39. The largest absolute Gasteiger partial charge is 0.466 e. The molecule has 5 heteroatoms. The van der Waals surface area contributed by atoms with Crippen molar-refractivity contribution in [2.45, 2.75) is 19.4 Å². The first-order valence-electron chi connectivity index (χ1n) is 4.48. The first-order chi connectivity index (χ1) is 7.55. The molecule has 0 N–H and O–H groups in total. The summed E-state index contributed by atoms with van der Waals surface area (Å²) in [7, 11) is 1.31. The van der Waals surface area contributed by atoms with Crippen LogP contribution in [0.2, 0.25) is 0 Å². The molecule has 0 aliphatic heterocycles. The van der Waals surface area contributed by atoms with Crippen LogP contribution in [0.25, 0.3) is 0 Å². The van der Waals surface area contributed by atoms with Crippen LogP contribution < -0.4 is 0 Å². The van der Waals surface area contributed by atoms with Crippen LogP contribution in [0.3, 0.4) is 0 Å². The Labute approximate surface area is 95.0 Å². The average Bonchev–Trinajstić information content (AvgIpc) is 2.35. The molecule has 16 heavy (non-hydrogen) atoms. The van der Waals surface area contributed by atoms with Crippen molar-refractivity contribution in [2.24, 2.45) is 0 Å². The Kier molecular flexibility index (Phi) is 11.2. The summed E-state index contributed by atoms with van der Waals surface area (Å²) >= 11 is 0. The molecule has 1 atom stereocenters. The van der Waals surface area contributed by atoms with Gasteiger partial charge in [0.05, 0.1) is 7.11 Å². The molecule has 0 aromatic carbocycles. The predicted molar refractivity (Wildman–Crippen MR) is 58.2 cm³/mol. The fraction of sp³-hybridized carbons (Fsp3) is 0.364. The fourth-order valence-electron chi connectivity index (χ4n) is 0.473. The normalized spacial score (nSPS) is 9.56. The molecule has 0 saturated carbocycles. The Bertz CT molecular complexity index is 291. The highest BCUT2D eigenvalue weighted by molar-refractivity contribution is 5.81. The SMILES string of the molecule is C=CC(=O)OC.C=CC(=O)OC(C#N)CC. The van der Waals surface area contributed by atoms with Crippen LogP contribution in [0.1, 0.15) is 13.3 Å². The molecule has 0 aromatic heterocycles. The maximum Gasteiger partial charge on any atom is 0.331 e. The molecule has 1 unspecified atom stereocenters. The van der Waals surface area contributed by atoms with Gasteiger partial charge in [-0.3, -0.25) is 0 Å². The van der Waals surface area contributed by atoms with Crippen molar-refractivity contribution in [3.63, 3.8) is 0 Å². The van der Waals surface area contributed by atoms with Crippen molar-refractivity contribution >= 4 is 11.9 Å². The number of nitrogens with zero attached hydrogens (tertiary/aromatic N) is 1. The van der Waals surface area contributed by atoms with Gasteiger partial charge in [0.2, 0.25) is 0 Å². The average molecular weight is 225 g/mol. The molecule has 0 saturated heterocycles. The van der Waals surface area contributed by atoms with Gasteiger partial charge in [-0.05, 0) is 6.42 Å². The van der Waals surface area contributed by atoms with Crippen LogP contribution in [0.4, 0.5) is 0 Å². The van der Waals surface area contributed by atoms with Crippen molar-refractivity contribution in [3.8, 4) is 6.07 Å². The van der Waals surface area contributed by atoms with E-state index >= 15 is 0 Å². The third kappa shape index (κ3) is 9.99. The molecule has 0 fully saturated rings. The van der Waals surface area contributed by atoms with E-state index < -0.39 is 18.0 Å². The summed E-state index contributed by atoms with van der Waals surface area (Å²) in [6.07, 6.45) is 2.03. The number of methoxy groups -OCH3 is 1. The summed E-state index contributed by atoms with van der Waals surface area (Å²) in [5.41, 5.74) is 0. The first kappa shape index (κ1) is 16.3. The van der Waals surface area contributed by atoms with Crippen molar-refractivity contribution in [1.29, 1.82) is 5.26 Å². The molecule has 0 aliphatic rings. The van der Waals surface area contributed by atoms with Gasteiger partial charge in [0, 0.05) is 12.2 Å². The minimum atomic E-state index is -0.634. The second kappa shape index (κ2) is 11.0. The van der Waals surface area contributed by atoms with Gasteiger partial charge in [-0.25, -0.2) is 9.59 Å². The minimum Gasteiger partial charge on any atom is -0.466 e. The molecule has 0 rings (SSSR count). The molecule has 0 radical (unpaired) electrons.